The van der Waals surface area contributed by atoms with Crippen LogP contribution < -0.4 is 10.6 Å². The molecule has 6 nitrogen and oxygen atoms in total. The summed E-state index contributed by atoms with van der Waals surface area (Å²) in [6, 6.07) is 3.51. The third-order valence-corrected chi connectivity index (χ3v) is 4.10. The SMILES string of the molecule is CCC(C)C(NC(=O)c1cc(NC(=O)C(C)C)ccc1Cl)C(=O)O. The molecule has 0 radical (unpaired) electrons. The molecule has 7 heteroatoms. The third-order valence-electron chi connectivity index (χ3n) is 3.77. The van der Waals surface area contributed by atoms with E-state index in [1.54, 1.807) is 26.8 Å². The lowest BCUT2D eigenvalue weighted by Crippen LogP contribution is -2.45. The number of halogens is 1. The smallest absolute Gasteiger partial charge is 0.326 e. The number of rotatable bonds is 7. The van der Waals surface area contributed by atoms with E-state index in [1.165, 1.54) is 12.1 Å². The van der Waals surface area contributed by atoms with Crippen LogP contribution in [0.4, 0.5) is 5.69 Å². The van der Waals surface area contributed by atoms with Gasteiger partial charge in [-0.15, -0.1) is 0 Å². The quantitative estimate of drug-likeness (QED) is 0.700. The molecule has 0 saturated carbocycles. The molecule has 0 saturated heterocycles. The molecule has 0 aliphatic heterocycles. The van der Waals surface area contributed by atoms with Gasteiger partial charge in [0.2, 0.25) is 5.91 Å². The molecule has 0 bridgehead atoms. The second-order valence-electron chi connectivity index (χ2n) is 6.01. The van der Waals surface area contributed by atoms with Crippen molar-refractivity contribution in [1.82, 2.24) is 5.32 Å². The summed E-state index contributed by atoms with van der Waals surface area (Å²) in [5, 5.41) is 14.6. The van der Waals surface area contributed by atoms with E-state index in [1.807, 2.05) is 6.92 Å². The van der Waals surface area contributed by atoms with Crippen molar-refractivity contribution in [3.8, 4) is 0 Å². The molecule has 1 rings (SSSR count). The largest absolute Gasteiger partial charge is 0.480 e. The Morgan fingerprint density at radius 1 is 1.21 bits per heavy atom. The molecule has 0 heterocycles. The summed E-state index contributed by atoms with van der Waals surface area (Å²) in [4.78, 5) is 35.5. The molecule has 0 aliphatic rings. The lowest BCUT2D eigenvalue weighted by Gasteiger charge is -2.20. The second kappa shape index (κ2) is 8.68. The molecular formula is C17H23ClN2O4. The highest BCUT2D eigenvalue weighted by Gasteiger charge is 2.26. The lowest BCUT2D eigenvalue weighted by molar-refractivity contribution is -0.140. The minimum absolute atomic E-state index is 0.118. The zero-order valence-corrected chi connectivity index (χ0v) is 15.0. The van der Waals surface area contributed by atoms with Gasteiger partial charge in [-0.2, -0.15) is 0 Å². The molecule has 0 spiro atoms. The Morgan fingerprint density at radius 2 is 1.83 bits per heavy atom. The number of carbonyl (C=O) groups is 3. The average molecular weight is 355 g/mol. The lowest BCUT2D eigenvalue weighted by atomic mass is 9.99. The molecule has 2 atom stereocenters. The first-order chi connectivity index (χ1) is 11.2. The summed E-state index contributed by atoms with van der Waals surface area (Å²) in [6.45, 7) is 7.10. The predicted octanol–water partition coefficient (Wildman–Crippen LogP) is 3.16. The van der Waals surface area contributed by atoms with Crippen LogP contribution in [0, 0.1) is 11.8 Å². The first-order valence-electron chi connectivity index (χ1n) is 7.81. The monoisotopic (exact) mass is 354 g/mol. The van der Waals surface area contributed by atoms with Gasteiger partial charge in [0.25, 0.3) is 5.91 Å². The van der Waals surface area contributed by atoms with E-state index in [-0.39, 0.29) is 28.3 Å². The van der Waals surface area contributed by atoms with Gasteiger partial charge in [-0.3, -0.25) is 9.59 Å². The molecule has 2 amide bonds. The highest BCUT2D eigenvalue weighted by atomic mass is 35.5. The fourth-order valence-corrected chi connectivity index (χ4v) is 2.17. The molecule has 0 aliphatic carbocycles. The molecule has 1 aromatic carbocycles. The molecular weight excluding hydrogens is 332 g/mol. The van der Waals surface area contributed by atoms with Crippen molar-refractivity contribution < 1.29 is 19.5 Å². The van der Waals surface area contributed by atoms with Crippen LogP contribution in [-0.2, 0) is 9.59 Å². The van der Waals surface area contributed by atoms with Crippen molar-refractivity contribution in [3.05, 3.63) is 28.8 Å². The van der Waals surface area contributed by atoms with Gasteiger partial charge in [-0.1, -0.05) is 45.7 Å². The Morgan fingerprint density at radius 3 is 2.33 bits per heavy atom. The highest BCUT2D eigenvalue weighted by Crippen LogP contribution is 2.22. The number of anilines is 1. The summed E-state index contributed by atoms with van der Waals surface area (Å²) in [6.07, 6.45) is 0.607. The van der Waals surface area contributed by atoms with Crippen LogP contribution in [0.5, 0.6) is 0 Å². The summed E-state index contributed by atoms with van der Waals surface area (Å²) in [7, 11) is 0. The van der Waals surface area contributed by atoms with Crippen LogP contribution in [0.2, 0.25) is 5.02 Å². The van der Waals surface area contributed by atoms with E-state index in [2.05, 4.69) is 10.6 Å². The number of aliphatic carboxylic acids is 1. The molecule has 1 aromatic rings. The van der Waals surface area contributed by atoms with Gasteiger partial charge in [0.15, 0.2) is 0 Å². The first kappa shape index (κ1) is 20.0. The first-order valence-corrected chi connectivity index (χ1v) is 8.19. The Balaban J connectivity index is 3.01. The average Bonchev–Trinajstić information content (AvgIpc) is 2.52. The van der Waals surface area contributed by atoms with Gasteiger partial charge < -0.3 is 15.7 Å². The Labute approximate surface area is 146 Å². The summed E-state index contributed by atoms with van der Waals surface area (Å²) in [5.41, 5.74) is 0.548. The summed E-state index contributed by atoms with van der Waals surface area (Å²) < 4.78 is 0. The summed E-state index contributed by atoms with van der Waals surface area (Å²) >= 11 is 6.05. The topological polar surface area (TPSA) is 95.5 Å². The Hall–Kier alpha value is -2.08. The summed E-state index contributed by atoms with van der Waals surface area (Å²) in [5.74, 6) is -2.31. The molecule has 0 fully saturated rings. The number of carbonyl (C=O) groups excluding carboxylic acids is 2. The molecule has 2 unspecified atom stereocenters. The molecule has 24 heavy (non-hydrogen) atoms. The van der Waals surface area contributed by atoms with Crippen molar-refractivity contribution in [1.29, 1.82) is 0 Å². The van der Waals surface area contributed by atoms with Gasteiger partial charge in [0.05, 0.1) is 10.6 Å². The number of hydrogen-bond donors (Lipinski definition) is 3. The molecule has 132 valence electrons. The van der Waals surface area contributed by atoms with Crippen molar-refractivity contribution in [3.63, 3.8) is 0 Å². The normalized spacial score (nSPS) is 13.2. The van der Waals surface area contributed by atoms with E-state index in [0.717, 1.165) is 0 Å². The number of hydrogen-bond acceptors (Lipinski definition) is 3. The van der Waals surface area contributed by atoms with Crippen molar-refractivity contribution in [2.24, 2.45) is 11.8 Å². The Kier molecular flexibility index (Phi) is 7.22. The van der Waals surface area contributed by atoms with E-state index in [9.17, 15) is 19.5 Å². The minimum Gasteiger partial charge on any atom is -0.480 e. The Bertz CT molecular complexity index is 631. The number of benzene rings is 1. The van der Waals surface area contributed by atoms with Gasteiger partial charge in [-0.25, -0.2) is 4.79 Å². The van der Waals surface area contributed by atoms with Crippen LogP contribution in [0.25, 0.3) is 0 Å². The van der Waals surface area contributed by atoms with Crippen LogP contribution in [0.1, 0.15) is 44.5 Å². The van der Waals surface area contributed by atoms with Crippen LogP contribution in [0.3, 0.4) is 0 Å². The highest BCUT2D eigenvalue weighted by molar-refractivity contribution is 6.34. The number of carboxylic acid groups (broad SMARTS) is 1. The maximum Gasteiger partial charge on any atom is 0.326 e. The maximum absolute atomic E-state index is 12.4. The number of amides is 2. The second-order valence-corrected chi connectivity index (χ2v) is 6.42. The predicted molar refractivity (Wildman–Crippen MR) is 93.3 cm³/mol. The number of carboxylic acids is 1. The fraction of sp³-hybridized carbons (Fsp3) is 0.471. The standard InChI is InChI=1S/C17H23ClN2O4/c1-5-10(4)14(17(23)24)20-16(22)12-8-11(6-7-13(12)18)19-15(21)9(2)3/h6-10,14H,5H2,1-4H3,(H,19,21)(H,20,22)(H,23,24). The van der Waals surface area contributed by atoms with E-state index in [0.29, 0.717) is 12.1 Å². The van der Waals surface area contributed by atoms with Crippen molar-refractivity contribution in [2.45, 2.75) is 40.2 Å². The molecule has 0 aromatic heterocycles. The van der Waals surface area contributed by atoms with Gasteiger partial charge in [0.1, 0.15) is 6.04 Å². The third kappa shape index (κ3) is 5.23. The van der Waals surface area contributed by atoms with Crippen LogP contribution in [-0.4, -0.2) is 28.9 Å². The van der Waals surface area contributed by atoms with Crippen molar-refractivity contribution in [2.75, 3.05) is 5.32 Å². The van der Waals surface area contributed by atoms with E-state index < -0.39 is 17.9 Å². The van der Waals surface area contributed by atoms with Crippen LogP contribution in [0.15, 0.2) is 18.2 Å². The van der Waals surface area contributed by atoms with Gasteiger partial charge in [-0.05, 0) is 24.1 Å². The zero-order valence-electron chi connectivity index (χ0n) is 14.2. The van der Waals surface area contributed by atoms with Crippen molar-refractivity contribution >= 4 is 35.1 Å². The number of nitrogens with one attached hydrogen (secondary N) is 2. The molecule has 3 N–H and O–H groups in total. The van der Waals surface area contributed by atoms with Gasteiger partial charge >= 0.3 is 5.97 Å². The van der Waals surface area contributed by atoms with E-state index >= 15 is 0 Å². The van der Waals surface area contributed by atoms with Gasteiger partial charge in [0, 0.05) is 11.6 Å². The minimum atomic E-state index is -1.10. The maximum atomic E-state index is 12.4. The van der Waals surface area contributed by atoms with Crippen LogP contribution >= 0.6 is 11.6 Å². The zero-order chi connectivity index (χ0) is 18.4. The van der Waals surface area contributed by atoms with E-state index in [4.69, 9.17) is 11.6 Å². The fourth-order valence-electron chi connectivity index (χ4n) is 1.97.